The monoisotopic (exact) mass is 626 g/mol. The maximum Gasteiger partial charge on any atom is 0.332 e. The molecule has 0 saturated heterocycles. The van der Waals surface area contributed by atoms with Gasteiger partial charge in [0.15, 0.2) is 0 Å². The molecular weight excluding hydrogens is 572 g/mol. The molecule has 250 valence electrons. The molecule has 1 atom stereocenters. The maximum atomic E-state index is 12.4. The summed E-state index contributed by atoms with van der Waals surface area (Å²) >= 11 is 0. The van der Waals surface area contributed by atoms with Gasteiger partial charge < -0.3 is 30.4 Å². The van der Waals surface area contributed by atoms with Crippen molar-refractivity contribution in [3.8, 4) is 0 Å². The Morgan fingerprint density at radius 3 is 1.56 bits per heavy atom. The summed E-state index contributed by atoms with van der Waals surface area (Å²) < 4.78 is 21.5. The number of benzene rings is 2. The van der Waals surface area contributed by atoms with Crippen LogP contribution in [0.1, 0.15) is 114 Å². The summed E-state index contributed by atoms with van der Waals surface area (Å²) in [6, 6.07) is 14.4. The van der Waals surface area contributed by atoms with Gasteiger partial charge in [-0.2, -0.15) is 0 Å². The number of unbranched alkanes of at least 4 members (excludes halogenated alkanes) is 10. The second kappa shape index (κ2) is 23.7. The Hall–Kier alpha value is -3.59. The van der Waals surface area contributed by atoms with E-state index in [9.17, 15) is 14.4 Å². The molecule has 45 heavy (non-hydrogen) atoms. The summed E-state index contributed by atoms with van der Waals surface area (Å²) in [6.45, 7) is 2.00. The predicted octanol–water partition coefficient (Wildman–Crippen LogP) is 7.44. The topological polar surface area (TPSA) is 140 Å². The van der Waals surface area contributed by atoms with Crippen molar-refractivity contribution in [3.63, 3.8) is 0 Å². The van der Waals surface area contributed by atoms with Crippen LogP contribution in [0.2, 0.25) is 0 Å². The van der Waals surface area contributed by atoms with Crippen molar-refractivity contribution in [1.29, 1.82) is 0 Å². The van der Waals surface area contributed by atoms with Crippen molar-refractivity contribution in [2.45, 2.75) is 123 Å². The van der Waals surface area contributed by atoms with Crippen molar-refractivity contribution in [2.24, 2.45) is 0 Å². The first-order chi connectivity index (χ1) is 21.9. The lowest BCUT2D eigenvalue weighted by Crippen LogP contribution is -2.23. The highest BCUT2D eigenvalue weighted by atomic mass is 16.6. The molecule has 2 aromatic rings. The minimum absolute atomic E-state index is 0.121. The summed E-state index contributed by atoms with van der Waals surface area (Å²) in [5, 5.41) is 0. The Morgan fingerprint density at radius 1 is 0.578 bits per heavy atom. The van der Waals surface area contributed by atoms with Crippen molar-refractivity contribution in [1.82, 2.24) is 0 Å². The van der Waals surface area contributed by atoms with Crippen LogP contribution in [0, 0.1) is 0 Å². The second-order valence-corrected chi connectivity index (χ2v) is 11.6. The van der Waals surface area contributed by atoms with Crippen molar-refractivity contribution in [2.75, 3.05) is 24.7 Å². The van der Waals surface area contributed by atoms with Crippen LogP contribution in [0.5, 0.6) is 0 Å². The molecule has 2 aromatic carbocycles. The summed E-state index contributed by atoms with van der Waals surface area (Å²) in [4.78, 5) is 36.3. The molecule has 0 radical (unpaired) electrons. The van der Waals surface area contributed by atoms with Gasteiger partial charge in [-0.3, -0.25) is 4.79 Å². The van der Waals surface area contributed by atoms with E-state index < -0.39 is 11.9 Å². The van der Waals surface area contributed by atoms with Crippen LogP contribution in [0.15, 0.2) is 48.5 Å². The molecule has 0 fully saturated rings. The number of rotatable bonds is 25. The Morgan fingerprint density at radius 2 is 1.02 bits per heavy atom. The van der Waals surface area contributed by atoms with Gasteiger partial charge in [0.25, 0.3) is 0 Å². The smallest absolute Gasteiger partial charge is 0.332 e. The number of hydrogen-bond donors (Lipinski definition) is 2. The van der Waals surface area contributed by atoms with Crippen LogP contribution in [-0.2, 0) is 46.5 Å². The molecule has 0 aliphatic rings. The van der Waals surface area contributed by atoms with E-state index in [2.05, 4.69) is 6.92 Å². The summed E-state index contributed by atoms with van der Waals surface area (Å²) in [7, 11) is 0. The van der Waals surface area contributed by atoms with E-state index in [1.165, 1.54) is 6.42 Å². The van der Waals surface area contributed by atoms with Crippen LogP contribution in [0.3, 0.4) is 0 Å². The fourth-order valence-electron chi connectivity index (χ4n) is 4.87. The molecule has 0 unspecified atom stereocenters. The van der Waals surface area contributed by atoms with Crippen molar-refractivity contribution < 1.29 is 33.3 Å². The first kappa shape index (κ1) is 37.6. The maximum absolute atomic E-state index is 12.4. The fraction of sp³-hybridized carbons (Fsp3) is 0.583. The molecule has 0 aliphatic heterocycles. The normalized spacial score (nSPS) is 11.6. The van der Waals surface area contributed by atoms with Gasteiger partial charge in [-0.05, 0) is 67.5 Å². The highest BCUT2D eigenvalue weighted by Gasteiger charge is 2.15. The number of esters is 3. The average Bonchev–Trinajstić information content (AvgIpc) is 3.03. The molecule has 9 nitrogen and oxygen atoms in total. The van der Waals surface area contributed by atoms with Gasteiger partial charge in [0, 0.05) is 17.8 Å². The number of anilines is 2. The molecule has 0 bridgehead atoms. The summed E-state index contributed by atoms with van der Waals surface area (Å²) in [5.74, 6) is -1.14. The van der Waals surface area contributed by atoms with E-state index in [4.69, 9.17) is 30.4 Å². The lowest BCUT2D eigenvalue weighted by Gasteiger charge is -2.18. The second-order valence-electron chi connectivity index (χ2n) is 11.6. The first-order valence-corrected chi connectivity index (χ1v) is 16.6. The Balaban J connectivity index is 1.51. The third-order valence-electron chi connectivity index (χ3n) is 7.53. The molecular formula is C36H54N2O7. The average molecular weight is 627 g/mol. The molecule has 0 spiro atoms. The van der Waals surface area contributed by atoms with Gasteiger partial charge in [0.2, 0.25) is 0 Å². The molecule has 0 amide bonds. The van der Waals surface area contributed by atoms with E-state index in [-0.39, 0.29) is 38.5 Å². The third kappa shape index (κ3) is 19.4. The van der Waals surface area contributed by atoms with E-state index in [0.29, 0.717) is 17.8 Å². The lowest BCUT2D eigenvalue weighted by atomic mass is 10.0. The molecule has 0 saturated carbocycles. The zero-order valence-electron chi connectivity index (χ0n) is 27.1. The minimum Gasteiger partial charge on any atom is -0.461 e. The number of nitrogens with two attached hydrogens (primary N) is 2. The van der Waals surface area contributed by atoms with E-state index in [1.54, 1.807) is 36.4 Å². The van der Waals surface area contributed by atoms with E-state index >= 15 is 0 Å². The van der Waals surface area contributed by atoms with Crippen LogP contribution < -0.4 is 11.5 Å². The number of carbonyl (C=O) groups is 3. The van der Waals surface area contributed by atoms with Gasteiger partial charge in [-0.15, -0.1) is 0 Å². The van der Waals surface area contributed by atoms with E-state index in [1.807, 2.05) is 12.1 Å². The summed E-state index contributed by atoms with van der Waals surface area (Å²) in [6.07, 6.45) is 15.0. The highest BCUT2D eigenvalue weighted by molar-refractivity contribution is 5.73. The Bertz CT molecular complexity index is 1090. The van der Waals surface area contributed by atoms with Gasteiger partial charge in [-0.1, -0.05) is 89.0 Å². The van der Waals surface area contributed by atoms with Gasteiger partial charge in [0.1, 0.15) is 32.5 Å². The van der Waals surface area contributed by atoms with Crippen molar-refractivity contribution in [3.05, 3.63) is 59.7 Å². The molecule has 2 rings (SSSR count). The lowest BCUT2D eigenvalue weighted by molar-refractivity contribution is -0.159. The molecule has 0 aliphatic carbocycles. The Labute approximate surface area is 269 Å². The largest absolute Gasteiger partial charge is 0.461 e. The highest BCUT2D eigenvalue weighted by Crippen LogP contribution is 2.17. The molecule has 0 heterocycles. The van der Waals surface area contributed by atoms with Crippen LogP contribution in [0.4, 0.5) is 11.4 Å². The van der Waals surface area contributed by atoms with Crippen LogP contribution >= 0.6 is 0 Å². The number of ether oxygens (including phenoxy) is 4. The minimum atomic E-state index is -0.538. The summed E-state index contributed by atoms with van der Waals surface area (Å²) in [5.41, 5.74) is 14.4. The fourth-order valence-corrected chi connectivity index (χ4v) is 4.87. The zero-order valence-corrected chi connectivity index (χ0v) is 27.1. The molecule has 4 N–H and O–H groups in total. The SMILES string of the molecule is CCCCCC[C@H](CCCCCCCCCCC(=O)OCc1ccc(N)cc1)OC(=O)COCC(=O)OCc1ccc(N)cc1. The predicted molar refractivity (Wildman–Crippen MR) is 177 cm³/mol. The van der Waals surface area contributed by atoms with Crippen LogP contribution in [-0.4, -0.2) is 37.2 Å². The number of hydrogen-bond acceptors (Lipinski definition) is 9. The first-order valence-electron chi connectivity index (χ1n) is 16.6. The number of nitrogen functional groups attached to an aromatic ring is 2. The number of carbonyl (C=O) groups excluding carboxylic acids is 3. The van der Waals surface area contributed by atoms with Crippen LogP contribution in [0.25, 0.3) is 0 Å². The third-order valence-corrected chi connectivity index (χ3v) is 7.53. The van der Waals surface area contributed by atoms with Gasteiger partial charge in [0.05, 0.1) is 0 Å². The van der Waals surface area contributed by atoms with Gasteiger partial charge in [-0.25, -0.2) is 9.59 Å². The molecule has 0 aromatic heterocycles. The quantitative estimate of drug-likeness (QED) is 0.0498. The van der Waals surface area contributed by atoms with Gasteiger partial charge >= 0.3 is 17.9 Å². The Kier molecular flexibility index (Phi) is 19.8. The standard InChI is InChI=1S/C36H54N2O7/c1-2-3-4-11-14-33(45-36(41)28-42-27-35(40)44-26-30-19-23-32(38)24-20-30)15-12-9-7-5-6-8-10-13-16-34(39)43-25-29-17-21-31(37)22-18-29/h17-24,33H,2-16,25-28,37-38H2,1H3/t33-/m1/s1. The van der Waals surface area contributed by atoms with Crippen molar-refractivity contribution >= 4 is 29.3 Å². The van der Waals surface area contributed by atoms with E-state index in [0.717, 1.165) is 94.6 Å². The zero-order chi connectivity index (χ0) is 32.5. The molecule has 9 heteroatoms.